The maximum Gasteiger partial charge on any atom is 2.00 e. The Morgan fingerprint density at radius 2 is 0.534 bits per heavy atom. The van der Waals surface area contributed by atoms with Gasteiger partial charge in [-0.3, -0.25) is 57.5 Å². The van der Waals surface area contributed by atoms with E-state index in [1.165, 1.54) is 42.3 Å². The average Bonchev–Trinajstić information content (AvgIpc) is 4.15. The Hall–Kier alpha value is -9.25. The minimum absolute atomic E-state index is 0. The number of carbonyl (C=O) groups is 12. The summed E-state index contributed by atoms with van der Waals surface area (Å²) < 4.78 is 18.1. The zero-order valence-corrected chi connectivity index (χ0v) is 52.3. The van der Waals surface area contributed by atoms with Crippen molar-refractivity contribution in [2.24, 2.45) is 0 Å². The van der Waals surface area contributed by atoms with Gasteiger partial charge in [-0.2, -0.15) is 10.5 Å². The maximum absolute atomic E-state index is 12.0. The molecule has 0 aliphatic carbocycles. The van der Waals surface area contributed by atoms with Crippen LogP contribution >= 0.6 is 0 Å². The van der Waals surface area contributed by atoms with Gasteiger partial charge in [0.1, 0.15) is 23.6 Å². The van der Waals surface area contributed by atoms with E-state index in [2.05, 4.69) is 40.2 Å². The van der Waals surface area contributed by atoms with Crippen LogP contribution in [0.25, 0.3) is 21.3 Å². The topological polar surface area (TPSA) is 359 Å². The van der Waals surface area contributed by atoms with E-state index in [-0.39, 0.29) is 114 Å². The van der Waals surface area contributed by atoms with Gasteiger partial charge in [0.25, 0.3) is 0 Å². The van der Waals surface area contributed by atoms with Crippen LogP contribution in [0.15, 0.2) is 121 Å². The molecule has 4 atom stereocenters. The van der Waals surface area contributed by atoms with E-state index in [4.69, 9.17) is 10.5 Å². The number of nitriles is 2. The van der Waals surface area contributed by atoms with Crippen molar-refractivity contribution in [3.8, 4) is 12.1 Å². The molecule has 0 spiro atoms. The van der Waals surface area contributed by atoms with Crippen LogP contribution in [0.1, 0.15) is 61.8 Å². The quantitative estimate of drug-likeness (QED) is 0.0616. The van der Waals surface area contributed by atoms with Crippen LogP contribution < -0.4 is 0 Å². The summed E-state index contributed by atoms with van der Waals surface area (Å²) in [7, 11) is 4.90. The summed E-state index contributed by atoms with van der Waals surface area (Å²) in [6, 6.07) is 35.3. The number of nitrogens with zero attached hydrogens (tertiary/aromatic N) is 10. The Bertz CT molecular complexity index is 2650. The minimum Gasteiger partial charge on any atom is -0.469 e. The van der Waals surface area contributed by atoms with Crippen molar-refractivity contribution < 1.29 is 115 Å². The largest absolute Gasteiger partial charge is 2.00 e. The Morgan fingerprint density at radius 1 is 0.375 bits per heavy atom. The molecule has 0 bridgehead atoms. The maximum atomic E-state index is 12.0. The molecule has 470 valence electrons. The van der Waals surface area contributed by atoms with Gasteiger partial charge in [-0.15, -0.1) is 0 Å². The fraction of sp³-hybridized carbons (Fsp3) is 0.367. The average molecular weight is 1390 g/mol. The van der Waals surface area contributed by atoms with Crippen molar-refractivity contribution in [3.63, 3.8) is 0 Å². The molecule has 4 heterocycles. The van der Waals surface area contributed by atoms with Gasteiger partial charge in [0.05, 0.1) is 64.7 Å². The fourth-order valence-corrected chi connectivity index (χ4v) is 7.99. The normalized spacial score (nSPS) is 16.3. The first-order chi connectivity index (χ1) is 41.3. The van der Waals surface area contributed by atoms with Crippen LogP contribution in [0.5, 0.6) is 0 Å². The molecule has 4 aliphatic rings. The van der Waals surface area contributed by atoms with E-state index >= 15 is 0 Å². The summed E-state index contributed by atoms with van der Waals surface area (Å²) in [6.45, 7) is 2.75. The number of esters is 4. The van der Waals surface area contributed by atoms with Crippen molar-refractivity contribution in [1.82, 2.24) is 19.6 Å². The molecule has 4 aliphatic heterocycles. The zero-order chi connectivity index (χ0) is 63.6. The van der Waals surface area contributed by atoms with E-state index in [0.29, 0.717) is 25.7 Å². The van der Waals surface area contributed by atoms with Gasteiger partial charge in [-0.1, -0.05) is 121 Å². The molecule has 2 radical (unpaired) electrons. The molecule has 0 N–H and O–H groups in total. The van der Waals surface area contributed by atoms with Crippen molar-refractivity contribution >= 4 is 71.6 Å². The van der Waals surface area contributed by atoms with Crippen molar-refractivity contribution in [2.75, 3.05) is 54.6 Å². The molecule has 12 amide bonds. The van der Waals surface area contributed by atoms with Crippen LogP contribution in [0.3, 0.4) is 0 Å². The first-order valence-corrected chi connectivity index (χ1v) is 26.6. The van der Waals surface area contributed by atoms with Crippen molar-refractivity contribution in [1.29, 1.82) is 10.5 Å². The molecular weight excluding hydrogens is 1320 g/mol. The van der Waals surface area contributed by atoms with Crippen molar-refractivity contribution in [3.05, 3.63) is 165 Å². The third-order valence-electron chi connectivity index (χ3n) is 12.4. The molecule has 88 heavy (non-hydrogen) atoms. The summed E-state index contributed by atoms with van der Waals surface area (Å²) in [5.41, 5.74) is 4.09. The Labute approximate surface area is 535 Å². The zero-order valence-electron chi connectivity index (χ0n) is 49.0. The Morgan fingerprint density at radius 3 is 0.682 bits per heavy atom. The van der Waals surface area contributed by atoms with Gasteiger partial charge in [-0.25, -0.2) is 0 Å². The summed E-state index contributed by atoms with van der Waals surface area (Å²) in [5.74, 6) is -3.70. The molecule has 4 unspecified atom stereocenters. The Kier molecular flexibility index (Phi) is 36.4. The van der Waals surface area contributed by atoms with Gasteiger partial charge < -0.3 is 59.8 Å². The molecule has 4 aromatic carbocycles. The summed E-state index contributed by atoms with van der Waals surface area (Å²) in [4.78, 5) is 143. The van der Waals surface area contributed by atoms with Gasteiger partial charge in [-0.05, 0) is 74.1 Å². The number of carbonyl (C=O) groups excluding carboxylic acids is 12. The number of imide groups is 4. The smallest absolute Gasteiger partial charge is 0.469 e. The van der Waals surface area contributed by atoms with Gasteiger partial charge in [0, 0.05) is 39.5 Å². The fourth-order valence-electron chi connectivity index (χ4n) is 7.99. The molecule has 4 fully saturated rings. The molecule has 4 aromatic rings. The number of hydrogen-bond donors (Lipinski definition) is 0. The van der Waals surface area contributed by atoms with E-state index in [1.54, 1.807) is 12.1 Å². The van der Waals surface area contributed by atoms with E-state index in [9.17, 15) is 57.5 Å². The number of hydrogen-bond acceptors (Lipinski definition) is 18. The van der Waals surface area contributed by atoms with E-state index in [0.717, 1.165) is 41.9 Å². The molecular formula is C60H66N10O16Rh2. The second kappa shape index (κ2) is 41.7. The van der Waals surface area contributed by atoms with Gasteiger partial charge in [0.15, 0.2) is 24.1 Å². The van der Waals surface area contributed by atoms with Crippen LogP contribution in [-0.2, 0) is 122 Å². The monoisotopic (exact) mass is 1390 g/mol. The number of amides is 12. The van der Waals surface area contributed by atoms with E-state index in [1.807, 2.05) is 121 Å². The number of benzene rings is 4. The number of methoxy groups -OCH3 is 4. The van der Waals surface area contributed by atoms with E-state index < -0.39 is 72.2 Å². The first kappa shape index (κ1) is 76.8. The van der Waals surface area contributed by atoms with Crippen LogP contribution in [0.2, 0.25) is 0 Å². The summed E-state index contributed by atoms with van der Waals surface area (Å²) >= 11 is 0. The SMILES string of the molecule is CC#N.CC#N.COC(=O)C1CN(C(=O)CCc2ccccc2)C(=O)[N-]1.COC(=O)C1CN(C(=O)CCc2ccccc2)C(=O)[N-]1.COC(=O)C1CN(C(=O)CCc2ccccc2)C(=O)[N-]1.COC(=O)C1CN(C(=O)CCc2ccccc2)C(=O)[N-]1.[Rh+2].[Rh+2]. The van der Waals surface area contributed by atoms with Crippen LogP contribution in [0, 0.1) is 22.7 Å². The minimum atomic E-state index is -0.895. The van der Waals surface area contributed by atoms with Gasteiger partial charge >= 0.3 is 62.8 Å². The number of rotatable bonds is 16. The molecule has 0 aromatic heterocycles. The second-order valence-corrected chi connectivity index (χ2v) is 18.2. The standard InChI is InChI=1S/4C14H16N2O4.2C2H3N.2Rh/c4*1-20-13(18)11-9-16(14(19)15-11)12(17)8-7-10-5-3-2-4-6-10;2*1-2-3;;/h4*2-6,11H,7-9H2,1H3,(H,15,19);2*1H3;;/q;;;;;;2*+2/p-4. The summed E-state index contributed by atoms with van der Waals surface area (Å²) in [6.07, 6.45) is 3.02. The van der Waals surface area contributed by atoms with Crippen LogP contribution in [-0.4, -0.2) is 170 Å². The Balaban J connectivity index is 0.000000564. The number of urea groups is 4. The predicted molar refractivity (Wildman–Crippen MR) is 307 cm³/mol. The predicted octanol–water partition coefficient (Wildman–Crippen LogP) is 7.04. The third kappa shape index (κ3) is 25.8. The molecule has 0 saturated carbocycles. The van der Waals surface area contributed by atoms with Crippen LogP contribution in [0.4, 0.5) is 19.2 Å². The third-order valence-corrected chi connectivity index (χ3v) is 12.4. The number of aryl methyl sites for hydroxylation is 4. The number of ether oxygens (including phenoxy) is 4. The molecule has 28 heteroatoms. The first-order valence-electron chi connectivity index (χ1n) is 26.6. The second-order valence-electron chi connectivity index (χ2n) is 18.2. The van der Waals surface area contributed by atoms with Gasteiger partial charge in [0.2, 0.25) is 0 Å². The molecule has 4 saturated heterocycles. The molecule has 8 rings (SSSR count). The molecule has 26 nitrogen and oxygen atoms in total. The van der Waals surface area contributed by atoms with Crippen molar-refractivity contribution in [2.45, 2.75) is 89.4 Å². The summed E-state index contributed by atoms with van der Waals surface area (Å²) in [5, 5.41) is 29.1.